The Bertz CT molecular complexity index is 1030. The van der Waals surface area contributed by atoms with Gasteiger partial charge >= 0.3 is 0 Å². The fourth-order valence-corrected chi connectivity index (χ4v) is 4.79. The SMILES string of the molecule is CCCCCCCC(=O)N1CCN(CCN(C/C=C/c2ccccc2OC)C(=O)c2ccc(C)cc2)CC1. The van der Waals surface area contributed by atoms with Crippen molar-refractivity contribution in [1.82, 2.24) is 14.7 Å². The van der Waals surface area contributed by atoms with Crippen molar-refractivity contribution in [3.63, 3.8) is 0 Å². The summed E-state index contributed by atoms with van der Waals surface area (Å²) in [6.45, 7) is 9.42. The largest absolute Gasteiger partial charge is 0.496 e. The van der Waals surface area contributed by atoms with Gasteiger partial charge in [0.05, 0.1) is 7.11 Å². The molecule has 206 valence electrons. The molecule has 2 aromatic carbocycles. The average molecular weight is 520 g/mol. The van der Waals surface area contributed by atoms with E-state index in [2.05, 4.69) is 11.8 Å². The zero-order chi connectivity index (χ0) is 27.2. The lowest BCUT2D eigenvalue weighted by Gasteiger charge is -2.36. The van der Waals surface area contributed by atoms with Crippen LogP contribution in [0, 0.1) is 6.92 Å². The number of para-hydroxylation sites is 1. The second-order valence-electron chi connectivity index (χ2n) is 10.1. The molecule has 0 spiro atoms. The first-order valence-corrected chi connectivity index (χ1v) is 14.2. The predicted molar refractivity (Wildman–Crippen MR) is 156 cm³/mol. The number of piperazine rings is 1. The van der Waals surface area contributed by atoms with Crippen molar-refractivity contribution < 1.29 is 14.3 Å². The fourth-order valence-electron chi connectivity index (χ4n) is 4.79. The molecule has 0 aliphatic carbocycles. The second-order valence-corrected chi connectivity index (χ2v) is 10.1. The summed E-state index contributed by atoms with van der Waals surface area (Å²) in [5.41, 5.74) is 2.83. The first-order valence-electron chi connectivity index (χ1n) is 14.2. The van der Waals surface area contributed by atoms with Crippen LogP contribution in [0.15, 0.2) is 54.6 Å². The van der Waals surface area contributed by atoms with E-state index >= 15 is 0 Å². The number of nitrogens with zero attached hydrogens (tertiary/aromatic N) is 3. The van der Waals surface area contributed by atoms with E-state index in [0.29, 0.717) is 31.0 Å². The minimum Gasteiger partial charge on any atom is -0.496 e. The molecular formula is C32H45N3O3. The number of benzene rings is 2. The molecule has 0 aromatic heterocycles. The van der Waals surface area contributed by atoms with Crippen LogP contribution < -0.4 is 4.74 Å². The van der Waals surface area contributed by atoms with Gasteiger partial charge in [0.2, 0.25) is 5.91 Å². The number of unbranched alkanes of at least 4 members (excludes halogenated alkanes) is 4. The zero-order valence-electron chi connectivity index (χ0n) is 23.5. The van der Waals surface area contributed by atoms with E-state index in [1.54, 1.807) is 7.11 Å². The normalized spacial score (nSPS) is 14.1. The highest BCUT2D eigenvalue weighted by atomic mass is 16.5. The van der Waals surface area contributed by atoms with Gasteiger partial charge in [-0.15, -0.1) is 0 Å². The van der Waals surface area contributed by atoms with Gasteiger partial charge in [-0.2, -0.15) is 0 Å². The maximum atomic E-state index is 13.4. The number of hydrogen-bond acceptors (Lipinski definition) is 4. The number of methoxy groups -OCH3 is 1. The van der Waals surface area contributed by atoms with E-state index in [0.717, 1.165) is 62.4 Å². The van der Waals surface area contributed by atoms with Crippen LogP contribution in [0.1, 0.15) is 66.9 Å². The van der Waals surface area contributed by atoms with Gasteiger partial charge in [-0.1, -0.05) is 80.7 Å². The Balaban J connectivity index is 1.54. The monoisotopic (exact) mass is 519 g/mol. The molecule has 2 aromatic rings. The van der Waals surface area contributed by atoms with Crippen molar-refractivity contribution in [2.45, 2.75) is 52.4 Å². The highest BCUT2D eigenvalue weighted by Gasteiger charge is 2.22. The fraction of sp³-hybridized carbons (Fsp3) is 0.500. The second kappa shape index (κ2) is 16.0. The number of carbonyl (C=O) groups excluding carboxylic acids is 2. The molecule has 1 saturated heterocycles. The van der Waals surface area contributed by atoms with Gasteiger partial charge in [0, 0.05) is 63.4 Å². The molecule has 0 radical (unpaired) electrons. The number of carbonyl (C=O) groups is 2. The number of rotatable bonds is 14. The lowest BCUT2D eigenvalue weighted by molar-refractivity contribution is -0.133. The summed E-state index contributed by atoms with van der Waals surface area (Å²) in [7, 11) is 1.67. The van der Waals surface area contributed by atoms with Crippen LogP contribution in [-0.2, 0) is 4.79 Å². The first kappa shape index (κ1) is 29.4. The Morgan fingerprint density at radius 3 is 2.37 bits per heavy atom. The Hall–Kier alpha value is -3.12. The van der Waals surface area contributed by atoms with Gasteiger partial charge in [0.1, 0.15) is 5.75 Å². The molecule has 0 saturated carbocycles. The summed E-state index contributed by atoms with van der Waals surface area (Å²) in [6, 6.07) is 15.6. The first-order chi connectivity index (χ1) is 18.5. The van der Waals surface area contributed by atoms with Crippen molar-refractivity contribution in [2.24, 2.45) is 0 Å². The number of aryl methyl sites for hydroxylation is 1. The lowest BCUT2D eigenvalue weighted by atomic mass is 10.1. The van der Waals surface area contributed by atoms with Crippen LogP contribution in [0.4, 0.5) is 0 Å². The maximum absolute atomic E-state index is 13.4. The van der Waals surface area contributed by atoms with Crippen LogP contribution in [0.3, 0.4) is 0 Å². The van der Waals surface area contributed by atoms with Crippen LogP contribution >= 0.6 is 0 Å². The van der Waals surface area contributed by atoms with Gasteiger partial charge in [-0.25, -0.2) is 0 Å². The molecule has 6 nitrogen and oxygen atoms in total. The Kier molecular flexibility index (Phi) is 12.4. The smallest absolute Gasteiger partial charge is 0.254 e. The van der Waals surface area contributed by atoms with Gasteiger partial charge in [-0.3, -0.25) is 14.5 Å². The third-order valence-corrected chi connectivity index (χ3v) is 7.25. The molecule has 0 unspecified atom stereocenters. The van der Waals surface area contributed by atoms with E-state index in [-0.39, 0.29) is 5.91 Å². The zero-order valence-corrected chi connectivity index (χ0v) is 23.5. The predicted octanol–water partition coefficient (Wildman–Crippen LogP) is 5.66. The maximum Gasteiger partial charge on any atom is 0.254 e. The van der Waals surface area contributed by atoms with Crippen molar-refractivity contribution in [1.29, 1.82) is 0 Å². The quantitative estimate of drug-likeness (QED) is 0.302. The van der Waals surface area contributed by atoms with E-state index in [4.69, 9.17) is 4.74 Å². The molecule has 1 aliphatic rings. The highest BCUT2D eigenvalue weighted by Crippen LogP contribution is 2.19. The van der Waals surface area contributed by atoms with Crippen molar-refractivity contribution >= 4 is 17.9 Å². The molecule has 0 atom stereocenters. The molecule has 1 heterocycles. The Morgan fingerprint density at radius 2 is 1.66 bits per heavy atom. The van der Waals surface area contributed by atoms with Crippen molar-refractivity contribution in [3.05, 3.63) is 71.3 Å². The molecule has 38 heavy (non-hydrogen) atoms. The van der Waals surface area contributed by atoms with Crippen LogP contribution in [0.5, 0.6) is 5.75 Å². The number of amides is 2. The topological polar surface area (TPSA) is 53.1 Å². The summed E-state index contributed by atoms with van der Waals surface area (Å²) >= 11 is 0. The van der Waals surface area contributed by atoms with Crippen molar-refractivity contribution in [3.8, 4) is 5.75 Å². The lowest BCUT2D eigenvalue weighted by Crippen LogP contribution is -2.50. The third-order valence-electron chi connectivity index (χ3n) is 7.25. The Morgan fingerprint density at radius 1 is 0.947 bits per heavy atom. The number of hydrogen-bond donors (Lipinski definition) is 0. The highest BCUT2D eigenvalue weighted by molar-refractivity contribution is 5.94. The number of ether oxygens (including phenoxy) is 1. The molecule has 0 N–H and O–H groups in total. The van der Waals surface area contributed by atoms with Crippen LogP contribution in [-0.4, -0.2) is 79.4 Å². The summed E-state index contributed by atoms with van der Waals surface area (Å²) in [5, 5.41) is 0. The van der Waals surface area contributed by atoms with E-state index in [1.807, 2.05) is 77.4 Å². The molecule has 6 heteroatoms. The van der Waals surface area contributed by atoms with Crippen molar-refractivity contribution in [2.75, 3.05) is 52.9 Å². The van der Waals surface area contributed by atoms with Gasteiger partial charge < -0.3 is 14.5 Å². The molecule has 0 bridgehead atoms. The molecule has 2 amide bonds. The van der Waals surface area contributed by atoms with Crippen LogP contribution in [0.2, 0.25) is 0 Å². The minimum absolute atomic E-state index is 0.0339. The Labute approximate surface area is 229 Å². The average Bonchev–Trinajstić information content (AvgIpc) is 2.95. The van der Waals surface area contributed by atoms with Gasteiger partial charge in [-0.05, 0) is 31.5 Å². The summed E-state index contributed by atoms with van der Waals surface area (Å²) in [6.07, 6.45) is 10.6. The standard InChI is InChI=1S/C32H45N3O3/c1-4-5-6-7-8-15-31(36)34-24-21-33(22-25-34)23-26-35(32(37)29-18-16-27(2)17-19-29)20-11-13-28-12-9-10-14-30(28)38-3/h9-14,16-19H,4-8,15,20-26H2,1-3H3/b13-11+. The minimum atomic E-state index is 0.0339. The van der Waals surface area contributed by atoms with E-state index in [1.165, 1.54) is 19.3 Å². The third kappa shape index (κ3) is 9.32. The van der Waals surface area contributed by atoms with Crippen LogP contribution in [0.25, 0.3) is 6.08 Å². The summed E-state index contributed by atoms with van der Waals surface area (Å²) < 4.78 is 5.45. The van der Waals surface area contributed by atoms with E-state index < -0.39 is 0 Å². The molecule has 1 aliphatic heterocycles. The summed E-state index contributed by atoms with van der Waals surface area (Å²) in [5.74, 6) is 1.14. The van der Waals surface area contributed by atoms with E-state index in [9.17, 15) is 9.59 Å². The van der Waals surface area contributed by atoms with Gasteiger partial charge in [0.25, 0.3) is 5.91 Å². The molecule has 3 rings (SSSR count). The molecular weight excluding hydrogens is 474 g/mol. The molecule has 1 fully saturated rings. The van der Waals surface area contributed by atoms with Gasteiger partial charge in [0.15, 0.2) is 0 Å². The summed E-state index contributed by atoms with van der Waals surface area (Å²) in [4.78, 5) is 32.3.